The minimum Gasteiger partial charge on any atom is -0.313 e. The van der Waals surface area contributed by atoms with Crippen LogP contribution in [0.1, 0.15) is 40.0 Å². The summed E-state index contributed by atoms with van der Waals surface area (Å²) in [4.78, 5) is 22.7. The summed E-state index contributed by atoms with van der Waals surface area (Å²) in [6.07, 6.45) is 5.34. The standard InChI is InChI=1S/C21H21N3O3/c25-20-6-3-4-18-17(19-5-1-2-13-23(19)21(18)20)11-12-22-14-15-7-9-16(10-8-15)24(26)27/h1-2,5,7-10,13,22H,3-4,6,11-12,14H2. The van der Waals surface area contributed by atoms with Gasteiger partial charge in [-0.1, -0.05) is 18.2 Å². The number of non-ortho nitro benzene ring substituents is 1. The fraction of sp³-hybridized carbons (Fsp3) is 0.286. The molecule has 0 spiro atoms. The Morgan fingerprint density at radius 3 is 2.70 bits per heavy atom. The van der Waals surface area contributed by atoms with Crippen LogP contribution in [0.4, 0.5) is 5.69 Å². The minimum absolute atomic E-state index is 0.107. The summed E-state index contributed by atoms with van der Waals surface area (Å²) in [5.41, 5.74) is 5.57. The van der Waals surface area contributed by atoms with Gasteiger partial charge in [0.15, 0.2) is 5.78 Å². The lowest BCUT2D eigenvalue weighted by atomic mass is 9.92. The van der Waals surface area contributed by atoms with Crippen molar-refractivity contribution in [2.24, 2.45) is 0 Å². The van der Waals surface area contributed by atoms with Gasteiger partial charge in [0.1, 0.15) is 0 Å². The molecule has 1 N–H and O–H groups in total. The molecule has 4 rings (SSSR count). The summed E-state index contributed by atoms with van der Waals surface area (Å²) >= 11 is 0. The lowest BCUT2D eigenvalue weighted by Gasteiger charge is -2.12. The van der Waals surface area contributed by atoms with Crippen molar-refractivity contribution in [3.8, 4) is 0 Å². The zero-order valence-electron chi connectivity index (χ0n) is 15.0. The average Bonchev–Trinajstić information content (AvgIpc) is 3.01. The predicted molar refractivity (Wildman–Crippen MR) is 103 cm³/mol. The van der Waals surface area contributed by atoms with E-state index in [-0.39, 0.29) is 16.4 Å². The number of benzene rings is 1. The number of nitro groups is 1. The molecule has 3 aromatic rings. The normalized spacial score (nSPS) is 13.7. The Morgan fingerprint density at radius 2 is 1.93 bits per heavy atom. The second-order valence-corrected chi connectivity index (χ2v) is 6.89. The zero-order chi connectivity index (χ0) is 18.8. The Labute approximate surface area is 157 Å². The Kier molecular flexibility index (Phi) is 4.73. The Morgan fingerprint density at radius 1 is 1.11 bits per heavy atom. The van der Waals surface area contributed by atoms with Gasteiger partial charge >= 0.3 is 0 Å². The van der Waals surface area contributed by atoms with Gasteiger partial charge in [-0.3, -0.25) is 14.9 Å². The Bertz CT molecular complexity index is 1010. The van der Waals surface area contributed by atoms with Gasteiger partial charge < -0.3 is 9.72 Å². The lowest BCUT2D eigenvalue weighted by Crippen LogP contribution is -2.18. The van der Waals surface area contributed by atoms with E-state index < -0.39 is 0 Å². The molecule has 6 nitrogen and oxygen atoms in total. The molecule has 1 aromatic carbocycles. The van der Waals surface area contributed by atoms with E-state index in [9.17, 15) is 14.9 Å². The number of nitrogens with zero attached hydrogens (tertiary/aromatic N) is 2. The number of hydrogen-bond donors (Lipinski definition) is 1. The molecule has 0 aliphatic heterocycles. The van der Waals surface area contributed by atoms with Crippen molar-refractivity contribution in [1.29, 1.82) is 0 Å². The number of pyridine rings is 1. The van der Waals surface area contributed by atoms with Crippen LogP contribution < -0.4 is 5.32 Å². The van der Waals surface area contributed by atoms with E-state index in [2.05, 4.69) is 11.4 Å². The number of fused-ring (bicyclic) bond motifs is 3. The maximum Gasteiger partial charge on any atom is 0.269 e. The first kappa shape index (κ1) is 17.4. The molecule has 0 unspecified atom stereocenters. The van der Waals surface area contributed by atoms with E-state index >= 15 is 0 Å². The number of nitro benzene ring substituents is 1. The number of hydrogen-bond acceptors (Lipinski definition) is 4. The molecule has 0 saturated carbocycles. The zero-order valence-corrected chi connectivity index (χ0v) is 15.0. The van der Waals surface area contributed by atoms with E-state index in [4.69, 9.17) is 0 Å². The molecular weight excluding hydrogens is 342 g/mol. The summed E-state index contributed by atoms with van der Waals surface area (Å²) in [5.74, 6) is 0.238. The van der Waals surface area contributed by atoms with Crippen molar-refractivity contribution in [3.63, 3.8) is 0 Å². The topological polar surface area (TPSA) is 76.6 Å². The highest BCUT2D eigenvalue weighted by atomic mass is 16.6. The van der Waals surface area contributed by atoms with Crippen LogP contribution in [0.25, 0.3) is 5.52 Å². The molecule has 6 heteroatoms. The summed E-state index contributed by atoms with van der Waals surface area (Å²) in [5, 5.41) is 14.1. The third-order valence-corrected chi connectivity index (χ3v) is 5.18. The van der Waals surface area contributed by atoms with E-state index in [1.807, 2.05) is 22.7 Å². The first-order valence-corrected chi connectivity index (χ1v) is 9.23. The number of Topliss-reactive ketones (excluding diaryl/α,β-unsaturated/α-hetero) is 1. The second kappa shape index (κ2) is 7.32. The number of nitrogens with one attached hydrogen (secondary N) is 1. The van der Waals surface area contributed by atoms with Crippen molar-refractivity contribution >= 4 is 17.0 Å². The molecule has 1 aliphatic carbocycles. The van der Waals surface area contributed by atoms with Crippen molar-refractivity contribution in [2.75, 3.05) is 6.54 Å². The van der Waals surface area contributed by atoms with Crippen LogP contribution in [-0.4, -0.2) is 21.7 Å². The first-order valence-electron chi connectivity index (χ1n) is 9.23. The third kappa shape index (κ3) is 3.36. The number of carbonyl (C=O) groups excluding carboxylic acids is 1. The maximum atomic E-state index is 12.4. The molecule has 0 fully saturated rings. The van der Waals surface area contributed by atoms with Gasteiger partial charge in [0.2, 0.25) is 0 Å². The van der Waals surface area contributed by atoms with Crippen LogP contribution in [0, 0.1) is 10.1 Å². The van der Waals surface area contributed by atoms with Crippen LogP contribution >= 0.6 is 0 Å². The smallest absolute Gasteiger partial charge is 0.269 e. The predicted octanol–water partition coefficient (Wildman–Crippen LogP) is 3.70. The number of carbonyl (C=O) groups is 1. The van der Waals surface area contributed by atoms with Crippen LogP contribution in [0.5, 0.6) is 0 Å². The van der Waals surface area contributed by atoms with E-state index in [1.54, 1.807) is 12.1 Å². The van der Waals surface area contributed by atoms with Crippen LogP contribution in [0.15, 0.2) is 48.7 Å². The molecule has 0 atom stereocenters. The highest BCUT2D eigenvalue weighted by molar-refractivity contribution is 5.99. The molecule has 0 radical (unpaired) electrons. The van der Waals surface area contributed by atoms with Crippen molar-refractivity contribution in [1.82, 2.24) is 9.72 Å². The van der Waals surface area contributed by atoms with Gasteiger partial charge in [0.25, 0.3) is 5.69 Å². The van der Waals surface area contributed by atoms with Gasteiger partial charge in [-0.2, -0.15) is 0 Å². The summed E-state index contributed by atoms with van der Waals surface area (Å²) in [6.45, 7) is 1.44. The van der Waals surface area contributed by atoms with Crippen LogP contribution in [0.3, 0.4) is 0 Å². The molecule has 138 valence electrons. The molecule has 2 heterocycles. The molecule has 0 bridgehead atoms. The summed E-state index contributed by atoms with van der Waals surface area (Å²) in [6, 6.07) is 12.7. The highest BCUT2D eigenvalue weighted by Gasteiger charge is 2.25. The Balaban J connectivity index is 1.46. The van der Waals surface area contributed by atoms with Gasteiger partial charge in [-0.25, -0.2) is 0 Å². The molecule has 0 amide bonds. The molecule has 1 aliphatic rings. The van der Waals surface area contributed by atoms with Crippen molar-refractivity contribution < 1.29 is 9.72 Å². The minimum atomic E-state index is -0.389. The van der Waals surface area contributed by atoms with Crippen molar-refractivity contribution in [2.45, 2.75) is 32.2 Å². The Hall–Kier alpha value is -2.99. The van der Waals surface area contributed by atoms with E-state index in [1.165, 1.54) is 23.3 Å². The van der Waals surface area contributed by atoms with Gasteiger partial charge in [0, 0.05) is 36.8 Å². The molecule has 2 aromatic heterocycles. The quantitative estimate of drug-likeness (QED) is 0.412. The van der Waals surface area contributed by atoms with Gasteiger partial charge in [-0.15, -0.1) is 0 Å². The van der Waals surface area contributed by atoms with Gasteiger partial charge in [-0.05, 0) is 54.6 Å². The number of rotatable bonds is 6. The van der Waals surface area contributed by atoms with Crippen LogP contribution in [0.2, 0.25) is 0 Å². The second-order valence-electron chi connectivity index (χ2n) is 6.89. The monoisotopic (exact) mass is 363 g/mol. The summed E-state index contributed by atoms with van der Waals surface area (Å²) < 4.78 is 2.04. The fourth-order valence-corrected chi connectivity index (χ4v) is 3.90. The van der Waals surface area contributed by atoms with E-state index in [0.717, 1.165) is 42.6 Å². The molecule has 27 heavy (non-hydrogen) atoms. The number of ketones is 1. The van der Waals surface area contributed by atoms with Gasteiger partial charge in [0.05, 0.1) is 10.6 Å². The molecular formula is C21H21N3O3. The number of aromatic nitrogens is 1. The third-order valence-electron chi connectivity index (χ3n) is 5.18. The SMILES string of the molecule is O=C1CCCc2c(CCNCc3ccc([N+](=O)[O-])cc3)c3ccccn3c21. The fourth-order valence-electron chi connectivity index (χ4n) is 3.90. The maximum absolute atomic E-state index is 12.4. The van der Waals surface area contributed by atoms with E-state index in [0.29, 0.717) is 13.0 Å². The van der Waals surface area contributed by atoms with Crippen molar-refractivity contribution in [3.05, 3.63) is 81.2 Å². The lowest BCUT2D eigenvalue weighted by molar-refractivity contribution is -0.384. The summed E-state index contributed by atoms with van der Waals surface area (Å²) in [7, 11) is 0. The highest BCUT2D eigenvalue weighted by Crippen LogP contribution is 2.30. The molecule has 0 saturated heterocycles. The largest absolute Gasteiger partial charge is 0.313 e. The van der Waals surface area contributed by atoms with Crippen LogP contribution in [-0.2, 0) is 19.4 Å². The average molecular weight is 363 g/mol. The first-order chi connectivity index (χ1) is 13.1.